The lowest BCUT2D eigenvalue weighted by Gasteiger charge is -2.09. The van der Waals surface area contributed by atoms with Crippen LogP contribution in [-0.4, -0.2) is 21.0 Å². The van der Waals surface area contributed by atoms with Crippen LogP contribution in [0.5, 0.6) is 0 Å². The van der Waals surface area contributed by atoms with Crippen molar-refractivity contribution in [2.75, 3.05) is 5.73 Å². The Hall–Kier alpha value is -2.21. The van der Waals surface area contributed by atoms with Crippen molar-refractivity contribution in [3.63, 3.8) is 0 Å². The molecular weight excluding hydrogens is 260 g/mol. The molecule has 3 rings (SSSR count). The molecule has 0 unspecified atom stereocenters. The third kappa shape index (κ3) is 1.72. The number of carbonyl (C=O) groups is 1. The van der Waals surface area contributed by atoms with Crippen molar-refractivity contribution >= 4 is 34.0 Å². The monoisotopic (exact) mass is 272 g/mol. The van der Waals surface area contributed by atoms with E-state index in [4.69, 9.17) is 5.73 Å². The number of nitrogens with one attached hydrogen (secondary N) is 1. The number of H-pyrrole nitrogens is 1. The van der Waals surface area contributed by atoms with Crippen LogP contribution in [0.3, 0.4) is 0 Å². The van der Waals surface area contributed by atoms with E-state index in [0.29, 0.717) is 22.7 Å². The molecule has 0 fully saturated rings. The second kappa shape index (κ2) is 4.17. The van der Waals surface area contributed by atoms with E-state index in [1.807, 2.05) is 24.4 Å². The Balaban J connectivity index is 2.52. The van der Waals surface area contributed by atoms with Crippen molar-refractivity contribution < 1.29 is 4.79 Å². The van der Waals surface area contributed by atoms with Crippen LogP contribution in [-0.2, 0) is 0 Å². The number of pyridine rings is 1. The highest BCUT2D eigenvalue weighted by Crippen LogP contribution is 2.37. The number of thiophene rings is 1. The number of aromatic amines is 1. The Morgan fingerprint density at radius 3 is 2.89 bits per heavy atom. The lowest BCUT2D eigenvalue weighted by molar-refractivity contribution is 0.101. The van der Waals surface area contributed by atoms with Gasteiger partial charge in [0.15, 0.2) is 11.4 Å². The summed E-state index contributed by atoms with van der Waals surface area (Å²) in [6.07, 6.45) is 0. The fourth-order valence-electron chi connectivity index (χ4n) is 2.29. The molecule has 0 spiro atoms. The molecule has 0 saturated heterocycles. The summed E-state index contributed by atoms with van der Waals surface area (Å²) in [5.74, 6) is 0.421. The van der Waals surface area contributed by atoms with E-state index in [1.54, 1.807) is 18.3 Å². The van der Waals surface area contributed by atoms with Gasteiger partial charge in [0, 0.05) is 16.0 Å². The summed E-state index contributed by atoms with van der Waals surface area (Å²) < 4.78 is 0. The van der Waals surface area contributed by atoms with Crippen molar-refractivity contribution in [3.8, 4) is 10.4 Å². The van der Waals surface area contributed by atoms with Gasteiger partial charge >= 0.3 is 0 Å². The first-order valence-corrected chi connectivity index (χ1v) is 6.66. The number of anilines is 1. The average Bonchev–Trinajstić information content (AvgIpc) is 2.97. The van der Waals surface area contributed by atoms with Gasteiger partial charge in [0.05, 0.1) is 11.1 Å². The summed E-state index contributed by atoms with van der Waals surface area (Å²) in [6.45, 7) is 3.36. The number of nitrogens with two attached hydrogens (primary N) is 1. The van der Waals surface area contributed by atoms with Crippen LogP contribution in [0.15, 0.2) is 17.5 Å². The second-order valence-corrected chi connectivity index (χ2v) is 5.26. The number of hydrogen-bond acceptors (Lipinski definition) is 5. The summed E-state index contributed by atoms with van der Waals surface area (Å²) in [6, 6.07) is 3.92. The zero-order valence-corrected chi connectivity index (χ0v) is 11.3. The Morgan fingerprint density at radius 2 is 2.26 bits per heavy atom. The molecule has 3 heterocycles. The maximum Gasteiger partial charge on any atom is 0.184 e. The number of fused-ring (bicyclic) bond motifs is 1. The number of hydrogen-bond donors (Lipinski definition) is 2. The number of aromatic nitrogens is 3. The maximum atomic E-state index is 12.0. The van der Waals surface area contributed by atoms with Gasteiger partial charge in [-0.15, -0.1) is 11.3 Å². The van der Waals surface area contributed by atoms with Gasteiger partial charge in [-0.25, -0.2) is 4.98 Å². The van der Waals surface area contributed by atoms with Crippen LogP contribution >= 0.6 is 11.3 Å². The molecule has 0 amide bonds. The molecule has 0 bridgehead atoms. The van der Waals surface area contributed by atoms with Gasteiger partial charge in [0.2, 0.25) is 0 Å². The standard InChI is InChI=1S/C13H12N4OS/c1-6-9(7(2)18)10(8-4-3-5-19-8)11-12(14)16-17-13(11)15-6/h3-5H,1-2H3,(H3,14,15,16,17). The minimum Gasteiger partial charge on any atom is -0.383 e. The molecular formula is C13H12N4OS. The van der Waals surface area contributed by atoms with Crippen molar-refractivity contribution in [2.24, 2.45) is 0 Å². The normalized spacial score (nSPS) is 11.1. The van der Waals surface area contributed by atoms with Gasteiger partial charge in [-0.3, -0.25) is 9.89 Å². The number of nitrogen functional groups attached to an aromatic ring is 1. The smallest absolute Gasteiger partial charge is 0.184 e. The van der Waals surface area contributed by atoms with Gasteiger partial charge in [-0.2, -0.15) is 5.10 Å². The lowest BCUT2D eigenvalue weighted by atomic mass is 9.99. The Bertz CT molecular complexity index is 774. The first-order valence-electron chi connectivity index (χ1n) is 5.78. The first kappa shape index (κ1) is 11.9. The minimum absolute atomic E-state index is 0.0177. The van der Waals surface area contributed by atoms with Crippen LogP contribution in [0.25, 0.3) is 21.5 Å². The largest absolute Gasteiger partial charge is 0.383 e. The van der Waals surface area contributed by atoms with Gasteiger partial charge < -0.3 is 5.73 Å². The Morgan fingerprint density at radius 1 is 1.47 bits per heavy atom. The van der Waals surface area contributed by atoms with Gasteiger partial charge in [0.1, 0.15) is 5.82 Å². The molecule has 0 aliphatic rings. The molecule has 0 aromatic carbocycles. The first-order chi connectivity index (χ1) is 9.09. The topological polar surface area (TPSA) is 84.7 Å². The van der Waals surface area contributed by atoms with Gasteiger partial charge in [-0.1, -0.05) is 6.07 Å². The number of nitrogens with zero attached hydrogens (tertiary/aromatic N) is 2. The van der Waals surface area contributed by atoms with Gasteiger partial charge in [0.25, 0.3) is 0 Å². The summed E-state index contributed by atoms with van der Waals surface area (Å²) >= 11 is 1.57. The van der Waals surface area contributed by atoms with E-state index >= 15 is 0 Å². The van der Waals surface area contributed by atoms with Crippen molar-refractivity contribution in [1.82, 2.24) is 15.2 Å². The highest BCUT2D eigenvalue weighted by Gasteiger charge is 2.21. The minimum atomic E-state index is -0.0177. The fraction of sp³-hybridized carbons (Fsp3) is 0.154. The summed E-state index contributed by atoms with van der Waals surface area (Å²) in [7, 11) is 0. The van der Waals surface area contributed by atoms with E-state index in [-0.39, 0.29) is 5.78 Å². The number of rotatable bonds is 2. The molecule has 5 nitrogen and oxygen atoms in total. The lowest BCUT2D eigenvalue weighted by Crippen LogP contribution is -2.03. The average molecular weight is 272 g/mol. The molecule has 0 saturated carbocycles. The van der Waals surface area contributed by atoms with E-state index in [1.165, 1.54) is 0 Å². The number of Topliss-reactive ketones (excluding diaryl/α,β-unsaturated/α-hetero) is 1. The third-order valence-corrected chi connectivity index (χ3v) is 3.92. The predicted molar refractivity (Wildman–Crippen MR) is 76.4 cm³/mol. The SMILES string of the molecule is CC(=O)c1c(C)nc2n[nH]c(N)c2c1-c1cccs1. The molecule has 6 heteroatoms. The van der Waals surface area contributed by atoms with E-state index < -0.39 is 0 Å². The maximum absolute atomic E-state index is 12.0. The molecule has 96 valence electrons. The molecule has 19 heavy (non-hydrogen) atoms. The van der Waals surface area contributed by atoms with E-state index in [9.17, 15) is 4.79 Å². The highest BCUT2D eigenvalue weighted by atomic mass is 32.1. The molecule has 0 aliphatic carbocycles. The molecule has 3 N–H and O–H groups in total. The quantitative estimate of drug-likeness (QED) is 0.702. The zero-order chi connectivity index (χ0) is 13.6. The zero-order valence-electron chi connectivity index (χ0n) is 10.5. The summed E-state index contributed by atoms with van der Waals surface area (Å²) in [4.78, 5) is 17.3. The predicted octanol–water partition coefficient (Wildman–Crippen LogP) is 2.78. The molecule has 3 aromatic heterocycles. The van der Waals surface area contributed by atoms with E-state index in [0.717, 1.165) is 15.8 Å². The van der Waals surface area contributed by atoms with Crippen LogP contribution in [0.2, 0.25) is 0 Å². The molecule has 0 atom stereocenters. The van der Waals surface area contributed by atoms with Crippen LogP contribution in [0.4, 0.5) is 5.82 Å². The summed E-state index contributed by atoms with van der Waals surface area (Å²) in [5.41, 5.74) is 8.60. The van der Waals surface area contributed by atoms with E-state index in [2.05, 4.69) is 15.2 Å². The van der Waals surface area contributed by atoms with Crippen LogP contribution < -0.4 is 5.73 Å². The molecule has 3 aromatic rings. The Kier molecular flexibility index (Phi) is 2.60. The van der Waals surface area contributed by atoms with Gasteiger partial charge in [-0.05, 0) is 25.3 Å². The highest BCUT2D eigenvalue weighted by molar-refractivity contribution is 7.13. The number of ketones is 1. The molecule has 0 radical (unpaired) electrons. The van der Waals surface area contributed by atoms with Crippen LogP contribution in [0, 0.1) is 6.92 Å². The van der Waals surface area contributed by atoms with Crippen molar-refractivity contribution in [1.29, 1.82) is 0 Å². The van der Waals surface area contributed by atoms with Crippen molar-refractivity contribution in [2.45, 2.75) is 13.8 Å². The number of aryl methyl sites for hydroxylation is 1. The summed E-state index contributed by atoms with van der Waals surface area (Å²) in [5, 5.41) is 9.50. The van der Waals surface area contributed by atoms with Crippen LogP contribution in [0.1, 0.15) is 23.0 Å². The fourth-order valence-corrected chi connectivity index (χ4v) is 3.07. The second-order valence-electron chi connectivity index (χ2n) is 4.32. The Labute approximate surface area is 113 Å². The third-order valence-electron chi connectivity index (χ3n) is 3.03. The van der Waals surface area contributed by atoms with Crippen molar-refractivity contribution in [3.05, 3.63) is 28.8 Å². The number of carbonyl (C=O) groups excluding carboxylic acids is 1. The molecule has 0 aliphatic heterocycles.